The Kier molecular flexibility index (Phi) is 6.03. The SMILES string of the molecule is CCOC(=O)c1cccc(NC(=O)CN2C(=O)S/C(=C3/SC(=O)NC3=O)C2=O)c1. The predicted octanol–water partition coefficient (Wildman–Crippen LogP) is 1.69. The van der Waals surface area contributed by atoms with Crippen LogP contribution in [0.3, 0.4) is 0 Å². The maximum atomic E-state index is 12.4. The lowest BCUT2D eigenvalue weighted by Crippen LogP contribution is -2.36. The van der Waals surface area contributed by atoms with Crippen LogP contribution in [0.1, 0.15) is 17.3 Å². The molecule has 29 heavy (non-hydrogen) atoms. The van der Waals surface area contributed by atoms with Gasteiger partial charge < -0.3 is 10.1 Å². The Morgan fingerprint density at radius 2 is 1.90 bits per heavy atom. The zero-order valence-corrected chi connectivity index (χ0v) is 16.5. The summed E-state index contributed by atoms with van der Waals surface area (Å²) >= 11 is 1.01. The van der Waals surface area contributed by atoms with Crippen molar-refractivity contribution in [2.45, 2.75) is 6.92 Å². The molecule has 2 aliphatic heterocycles. The zero-order valence-electron chi connectivity index (χ0n) is 14.8. The van der Waals surface area contributed by atoms with E-state index >= 15 is 0 Å². The second-order valence-corrected chi connectivity index (χ2v) is 7.56. The van der Waals surface area contributed by atoms with E-state index in [9.17, 15) is 28.8 Å². The standard InChI is InChI=1S/C17H13N3O7S2/c1-2-27-15(24)8-4-3-5-9(6-8)18-10(21)7-20-14(23)12(29-17(20)26)11-13(22)19-16(25)28-11/h3-6H,2,7H2,1H3,(H,18,21)(H,19,22,25)/b12-11+. The normalized spacial score (nSPS) is 18.9. The molecule has 0 spiro atoms. The van der Waals surface area contributed by atoms with Crippen molar-refractivity contribution in [3.8, 4) is 0 Å². The number of ether oxygens (including phenoxy) is 1. The Balaban J connectivity index is 1.69. The number of imide groups is 2. The monoisotopic (exact) mass is 435 g/mol. The lowest BCUT2D eigenvalue weighted by atomic mass is 10.2. The average molecular weight is 435 g/mol. The van der Waals surface area contributed by atoms with Gasteiger partial charge in [0.25, 0.3) is 22.3 Å². The van der Waals surface area contributed by atoms with Gasteiger partial charge >= 0.3 is 5.97 Å². The number of nitrogens with zero attached hydrogens (tertiary/aromatic N) is 1. The summed E-state index contributed by atoms with van der Waals surface area (Å²) in [7, 11) is 0. The topological polar surface area (TPSA) is 139 Å². The van der Waals surface area contributed by atoms with E-state index in [0.29, 0.717) is 28.4 Å². The molecule has 0 aliphatic carbocycles. The van der Waals surface area contributed by atoms with Gasteiger partial charge in [0.05, 0.1) is 12.2 Å². The largest absolute Gasteiger partial charge is 0.462 e. The second kappa shape index (κ2) is 8.49. The Bertz CT molecular complexity index is 989. The van der Waals surface area contributed by atoms with Crippen molar-refractivity contribution in [2.75, 3.05) is 18.5 Å². The van der Waals surface area contributed by atoms with Gasteiger partial charge in [0, 0.05) is 5.69 Å². The zero-order chi connectivity index (χ0) is 21.1. The fourth-order valence-corrected chi connectivity index (χ4v) is 4.14. The number of rotatable bonds is 5. The quantitative estimate of drug-likeness (QED) is 0.522. The number of carbonyl (C=O) groups excluding carboxylic acids is 6. The fraction of sp³-hybridized carbons (Fsp3) is 0.176. The average Bonchev–Trinajstić information content (AvgIpc) is 3.14. The van der Waals surface area contributed by atoms with Gasteiger partial charge in [-0.1, -0.05) is 6.07 Å². The number of thioether (sulfide) groups is 2. The van der Waals surface area contributed by atoms with Crippen LogP contribution in [-0.4, -0.2) is 52.2 Å². The number of nitrogens with one attached hydrogen (secondary N) is 2. The highest BCUT2D eigenvalue weighted by Gasteiger charge is 2.42. The maximum absolute atomic E-state index is 12.4. The van der Waals surface area contributed by atoms with E-state index in [4.69, 9.17) is 4.74 Å². The highest BCUT2D eigenvalue weighted by Crippen LogP contribution is 2.38. The molecule has 0 saturated carbocycles. The van der Waals surface area contributed by atoms with Crippen LogP contribution in [0.4, 0.5) is 15.3 Å². The van der Waals surface area contributed by atoms with E-state index in [1.165, 1.54) is 18.2 Å². The van der Waals surface area contributed by atoms with E-state index < -0.39 is 40.7 Å². The smallest absolute Gasteiger partial charge is 0.338 e. The van der Waals surface area contributed by atoms with Crippen molar-refractivity contribution < 1.29 is 33.5 Å². The summed E-state index contributed by atoms with van der Waals surface area (Å²) in [5, 5.41) is 3.12. The number of carbonyl (C=O) groups is 6. The van der Waals surface area contributed by atoms with Gasteiger partial charge in [-0.25, -0.2) is 4.79 Å². The molecule has 0 unspecified atom stereocenters. The number of anilines is 1. The van der Waals surface area contributed by atoms with E-state index in [2.05, 4.69) is 5.32 Å². The molecule has 0 aromatic heterocycles. The molecule has 2 fully saturated rings. The molecule has 0 bridgehead atoms. The number of esters is 1. The minimum Gasteiger partial charge on any atom is -0.462 e. The third-order valence-corrected chi connectivity index (χ3v) is 5.62. The number of benzene rings is 1. The summed E-state index contributed by atoms with van der Waals surface area (Å²) in [6.07, 6.45) is 0. The van der Waals surface area contributed by atoms with Crippen LogP contribution in [0.15, 0.2) is 34.1 Å². The van der Waals surface area contributed by atoms with Crippen LogP contribution in [-0.2, 0) is 19.1 Å². The Morgan fingerprint density at radius 3 is 2.55 bits per heavy atom. The second-order valence-electron chi connectivity index (χ2n) is 5.61. The summed E-state index contributed by atoms with van der Waals surface area (Å²) in [6, 6.07) is 5.99. The molecule has 2 heterocycles. The highest BCUT2D eigenvalue weighted by atomic mass is 32.2. The molecular formula is C17H13N3O7S2. The highest BCUT2D eigenvalue weighted by molar-refractivity contribution is 8.22. The van der Waals surface area contributed by atoms with E-state index in [1.807, 2.05) is 5.32 Å². The first-order valence-corrected chi connectivity index (χ1v) is 9.81. The molecule has 0 radical (unpaired) electrons. The molecular weight excluding hydrogens is 422 g/mol. The van der Waals surface area contributed by atoms with E-state index in [0.717, 1.165) is 0 Å². The number of hydrogen-bond acceptors (Lipinski definition) is 9. The van der Waals surface area contributed by atoms with Crippen LogP contribution >= 0.6 is 23.5 Å². The maximum Gasteiger partial charge on any atom is 0.338 e. The van der Waals surface area contributed by atoms with Crippen LogP contribution in [0.5, 0.6) is 0 Å². The van der Waals surface area contributed by atoms with Gasteiger partial charge in [-0.15, -0.1) is 0 Å². The van der Waals surface area contributed by atoms with Gasteiger partial charge in [0.1, 0.15) is 16.4 Å². The fourth-order valence-electron chi connectivity index (χ4n) is 2.42. The third-order valence-electron chi connectivity index (χ3n) is 3.63. The van der Waals surface area contributed by atoms with Gasteiger partial charge in [-0.2, -0.15) is 0 Å². The van der Waals surface area contributed by atoms with Crippen molar-refractivity contribution in [3.63, 3.8) is 0 Å². The van der Waals surface area contributed by atoms with Crippen LogP contribution in [0.2, 0.25) is 0 Å². The van der Waals surface area contributed by atoms with Gasteiger partial charge in [-0.05, 0) is 48.6 Å². The van der Waals surface area contributed by atoms with Crippen molar-refractivity contribution in [1.82, 2.24) is 10.2 Å². The molecule has 10 nitrogen and oxygen atoms in total. The Hall–Kier alpha value is -3.12. The Morgan fingerprint density at radius 1 is 1.14 bits per heavy atom. The van der Waals surface area contributed by atoms with E-state index in [1.54, 1.807) is 13.0 Å². The minimum absolute atomic E-state index is 0.164. The lowest BCUT2D eigenvalue weighted by molar-refractivity contribution is -0.127. The first-order chi connectivity index (χ1) is 13.8. The van der Waals surface area contributed by atoms with Gasteiger partial charge in [0.15, 0.2) is 0 Å². The van der Waals surface area contributed by atoms with Gasteiger partial charge in [-0.3, -0.25) is 34.2 Å². The number of hydrogen-bond donors (Lipinski definition) is 2. The lowest BCUT2D eigenvalue weighted by Gasteiger charge is -2.13. The molecule has 12 heteroatoms. The molecule has 2 saturated heterocycles. The summed E-state index contributed by atoms with van der Waals surface area (Å²) in [4.78, 5) is 71.9. The Labute approximate surface area is 172 Å². The summed E-state index contributed by atoms with van der Waals surface area (Å²) in [5.41, 5.74) is 0.511. The van der Waals surface area contributed by atoms with Crippen LogP contribution in [0, 0.1) is 0 Å². The molecule has 0 atom stereocenters. The third kappa shape index (κ3) is 4.49. The molecule has 2 N–H and O–H groups in total. The molecule has 3 rings (SSSR count). The first-order valence-electron chi connectivity index (χ1n) is 8.18. The molecule has 1 aromatic carbocycles. The van der Waals surface area contributed by atoms with Crippen LogP contribution in [0.25, 0.3) is 0 Å². The number of amides is 5. The molecule has 5 amide bonds. The van der Waals surface area contributed by atoms with Gasteiger partial charge in [0.2, 0.25) is 5.91 Å². The molecule has 150 valence electrons. The first kappa shape index (κ1) is 20.6. The summed E-state index contributed by atoms with van der Waals surface area (Å²) < 4.78 is 4.88. The van der Waals surface area contributed by atoms with Crippen molar-refractivity contribution in [1.29, 1.82) is 0 Å². The summed E-state index contributed by atoms with van der Waals surface area (Å²) in [6.45, 7) is 1.27. The van der Waals surface area contributed by atoms with Crippen molar-refractivity contribution >= 4 is 63.4 Å². The molecule has 1 aromatic rings. The van der Waals surface area contributed by atoms with Crippen LogP contribution < -0.4 is 10.6 Å². The van der Waals surface area contributed by atoms with Crippen molar-refractivity contribution in [2.24, 2.45) is 0 Å². The van der Waals surface area contributed by atoms with Crippen molar-refractivity contribution in [3.05, 3.63) is 39.6 Å². The predicted molar refractivity (Wildman–Crippen MR) is 104 cm³/mol. The summed E-state index contributed by atoms with van der Waals surface area (Å²) in [5.74, 6) is -2.82. The molecule has 2 aliphatic rings. The minimum atomic E-state index is -0.831. The van der Waals surface area contributed by atoms with E-state index in [-0.39, 0.29) is 27.7 Å².